The number of rotatable bonds is 4. The maximum absolute atomic E-state index is 13.0. The van der Waals surface area contributed by atoms with Crippen molar-refractivity contribution >= 4 is 5.91 Å². The third-order valence-electron chi connectivity index (χ3n) is 5.95. The molecule has 0 spiro atoms. The number of aromatic nitrogens is 1. The second-order valence-corrected chi connectivity index (χ2v) is 7.47. The van der Waals surface area contributed by atoms with Crippen LogP contribution in [0.3, 0.4) is 0 Å². The molecular weight excluding hydrogens is 314 g/mol. The van der Waals surface area contributed by atoms with Crippen LogP contribution in [0.25, 0.3) is 0 Å². The fourth-order valence-electron chi connectivity index (χ4n) is 4.71. The van der Waals surface area contributed by atoms with Gasteiger partial charge < -0.3 is 9.64 Å². The van der Waals surface area contributed by atoms with E-state index in [-0.39, 0.29) is 18.1 Å². The summed E-state index contributed by atoms with van der Waals surface area (Å²) >= 11 is 0. The SMILES string of the molecule is CO[C@@H]1CCN(C(=O)C2=CCCC2)[C@H]2CN(Cc3cccnc3)C[C@@H]12. The zero-order valence-corrected chi connectivity index (χ0v) is 14.9. The van der Waals surface area contributed by atoms with Gasteiger partial charge in [0.2, 0.25) is 5.91 Å². The Kier molecular flexibility index (Phi) is 4.86. The molecule has 2 fully saturated rings. The summed E-state index contributed by atoms with van der Waals surface area (Å²) in [6, 6.07) is 4.37. The number of amides is 1. The van der Waals surface area contributed by atoms with Crippen LogP contribution in [0.15, 0.2) is 36.2 Å². The monoisotopic (exact) mass is 341 g/mol. The first-order valence-corrected chi connectivity index (χ1v) is 9.40. The van der Waals surface area contributed by atoms with E-state index in [2.05, 4.69) is 26.9 Å². The number of hydrogen-bond donors (Lipinski definition) is 0. The van der Waals surface area contributed by atoms with Crippen LogP contribution in [0.5, 0.6) is 0 Å². The smallest absolute Gasteiger partial charge is 0.249 e. The van der Waals surface area contributed by atoms with Crippen molar-refractivity contribution in [2.24, 2.45) is 5.92 Å². The summed E-state index contributed by atoms with van der Waals surface area (Å²) in [5.74, 6) is 0.673. The van der Waals surface area contributed by atoms with Crippen molar-refractivity contribution in [3.05, 3.63) is 41.7 Å². The molecule has 1 aliphatic carbocycles. The van der Waals surface area contributed by atoms with Crippen LogP contribution >= 0.6 is 0 Å². The molecule has 5 heteroatoms. The van der Waals surface area contributed by atoms with Crippen LogP contribution in [0.2, 0.25) is 0 Å². The van der Waals surface area contributed by atoms with Crippen LogP contribution in [0.1, 0.15) is 31.2 Å². The number of likely N-dealkylation sites (tertiary alicyclic amines) is 2. The van der Waals surface area contributed by atoms with Gasteiger partial charge >= 0.3 is 0 Å². The first-order valence-electron chi connectivity index (χ1n) is 9.40. The fraction of sp³-hybridized carbons (Fsp3) is 0.600. The van der Waals surface area contributed by atoms with Crippen LogP contribution in [-0.4, -0.2) is 59.6 Å². The number of allylic oxidation sites excluding steroid dienone is 1. The van der Waals surface area contributed by atoms with Gasteiger partial charge in [0.1, 0.15) is 0 Å². The van der Waals surface area contributed by atoms with Crippen molar-refractivity contribution in [2.45, 2.75) is 44.4 Å². The molecule has 5 nitrogen and oxygen atoms in total. The molecule has 1 amide bonds. The molecule has 25 heavy (non-hydrogen) atoms. The Balaban J connectivity index is 1.50. The number of piperidine rings is 1. The summed E-state index contributed by atoms with van der Waals surface area (Å²) < 4.78 is 5.77. The third-order valence-corrected chi connectivity index (χ3v) is 5.95. The van der Waals surface area contributed by atoms with Crippen LogP contribution < -0.4 is 0 Å². The van der Waals surface area contributed by atoms with Gasteiger partial charge in [0.25, 0.3) is 0 Å². The van der Waals surface area contributed by atoms with Gasteiger partial charge in [0.15, 0.2) is 0 Å². The minimum absolute atomic E-state index is 0.255. The molecule has 4 rings (SSSR count). The maximum Gasteiger partial charge on any atom is 0.249 e. The maximum atomic E-state index is 13.0. The molecule has 3 atom stereocenters. The molecule has 2 aliphatic heterocycles. The summed E-state index contributed by atoms with van der Waals surface area (Å²) in [6.45, 7) is 3.62. The topological polar surface area (TPSA) is 45.7 Å². The van der Waals surface area contributed by atoms with E-state index in [1.165, 1.54) is 5.56 Å². The summed E-state index contributed by atoms with van der Waals surface area (Å²) in [6.07, 6.45) is 10.2. The lowest BCUT2D eigenvalue weighted by Crippen LogP contribution is -2.53. The molecule has 1 aromatic rings. The Labute approximate surface area is 149 Å². The zero-order valence-electron chi connectivity index (χ0n) is 14.9. The molecule has 0 saturated carbocycles. The standard InChI is InChI=1S/C20H27N3O2/c1-25-19-8-10-23(20(24)16-6-2-3-7-16)18-14-22(13-17(18)19)12-15-5-4-9-21-11-15/h4-6,9,11,17-19H,2-3,7-8,10,12-14H2,1H3/t17-,18+,19-/m1/s1. The second kappa shape index (κ2) is 7.26. The van der Waals surface area contributed by atoms with E-state index in [0.717, 1.165) is 57.4 Å². The van der Waals surface area contributed by atoms with Gasteiger partial charge in [-0.2, -0.15) is 0 Å². The third kappa shape index (κ3) is 3.35. The first kappa shape index (κ1) is 16.7. The fourth-order valence-corrected chi connectivity index (χ4v) is 4.71. The summed E-state index contributed by atoms with van der Waals surface area (Å²) in [7, 11) is 1.81. The molecule has 3 heterocycles. The highest BCUT2D eigenvalue weighted by molar-refractivity contribution is 5.94. The molecule has 0 bridgehead atoms. The van der Waals surface area contributed by atoms with E-state index in [1.54, 1.807) is 0 Å². The van der Waals surface area contributed by atoms with Gasteiger partial charge in [0.05, 0.1) is 12.1 Å². The van der Waals surface area contributed by atoms with Gasteiger partial charge in [-0.25, -0.2) is 0 Å². The van der Waals surface area contributed by atoms with Crippen molar-refractivity contribution in [1.82, 2.24) is 14.8 Å². The van der Waals surface area contributed by atoms with Crippen molar-refractivity contribution in [3.8, 4) is 0 Å². The summed E-state index contributed by atoms with van der Waals surface area (Å²) in [5.41, 5.74) is 2.26. The summed E-state index contributed by atoms with van der Waals surface area (Å²) in [4.78, 5) is 21.8. The lowest BCUT2D eigenvalue weighted by molar-refractivity contribution is -0.134. The number of carbonyl (C=O) groups is 1. The van der Waals surface area contributed by atoms with E-state index in [4.69, 9.17) is 4.74 Å². The Morgan fingerprint density at radius 1 is 1.40 bits per heavy atom. The molecule has 0 radical (unpaired) electrons. The highest BCUT2D eigenvalue weighted by Crippen LogP contribution is 2.35. The van der Waals surface area contributed by atoms with Gasteiger partial charge in [-0.1, -0.05) is 12.1 Å². The Morgan fingerprint density at radius 3 is 3.04 bits per heavy atom. The average Bonchev–Trinajstić information content (AvgIpc) is 3.31. The number of nitrogens with zero attached hydrogens (tertiary/aromatic N) is 3. The Hall–Kier alpha value is -1.72. The molecule has 134 valence electrons. The van der Waals surface area contributed by atoms with Crippen molar-refractivity contribution in [2.75, 3.05) is 26.7 Å². The minimum Gasteiger partial charge on any atom is -0.381 e. The van der Waals surface area contributed by atoms with E-state index < -0.39 is 0 Å². The average molecular weight is 341 g/mol. The van der Waals surface area contributed by atoms with Crippen molar-refractivity contribution < 1.29 is 9.53 Å². The van der Waals surface area contributed by atoms with E-state index in [9.17, 15) is 4.79 Å². The van der Waals surface area contributed by atoms with Gasteiger partial charge in [-0.3, -0.25) is 14.7 Å². The number of pyridine rings is 1. The highest BCUT2D eigenvalue weighted by atomic mass is 16.5. The summed E-state index contributed by atoms with van der Waals surface area (Å²) in [5, 5.41) is 0. The minimum atomic E-state index is 0.255. The molecule has 0 unspecified atom stereocenters. The Morgan fingerprint density at radius 2 is 2.32 bits per heavy atom. The molecule has 0 aromatic carbocycles. The van der Waals surface area contributed by atoms with Crippen LogP contribution in [0, 0.1) is 5.92 Å². The van der Waals surface area contributed by atoms with Crippen molar-refractivity contribution in [1.29, 1.82) is 0 Å². The number of ether oxygens (including phenoxy) is 1. The van der Waals surface area contributed by atoms with Crippen LogP contribution in [-0.2, 0) is 16.1 Å². The molecule has 2 saturated heterocycles. The molecule has 1 aromatic heterocycles. The first-order chi connectivity index (χ1) is 12.3. The van der Waals surface area contributed by atoms with E-state index in [0.29, 0.717) is 5.92 Å². The molecular formula is C20H27N3O2. The van der Waals surface area contributed by atoms with Crippen LogP contribution in [0.4, 0.5) is 0 Å². The Bertz CT molecular complexity index is 646. The number of methoxy groups -OCH3 is 1. The predicted octanol–water partition coefficient (Wildman–Crippen LogP) is 2.24. The number of carbonyl (C=O) groups excluding carboxylic acids is 1. The lowest BCUT2D eigenvalue weighted by atomic mass is 9.88. The van der Waals surface area contributed by atoms with E-state index >= 15 is 0 Å². The van der Waals surface area contributed by atoms with E-state index in [1.807, 2.05) is 25.6 Å². The molecule has 0 N–H and O–H groups in total. The largest absolute Gasteiger partial charge is 0.381 e. The quantitative estimate of drug-likeness (QED) is 0.843. The van der Waals surface area contributed by atoms with Crippen molar-refractivity contribution in [3.63, 3.8) is 0 Å². The second-order valence-electron chi connectivity index (χ2n) is 7.47. The van der Waals surface area contributed by atoms with Gasteiger partial charge in [-0.05, 0) is 37.3 Å². The van der Waals surface area contributed by atoms with Gasteiger partial charge in [0, 0.05) is 57.2 Å². The normalized spacial score (nSPS) is 29.6. The highest BCUT2D eigenvalue weighted by Gasteiger charge is 2.46. The zero-order chi connectivity index (χ0) is 17.2. The number of fused-ring (bicyclic) bond motifs is 1. The predicted molar refractivity (Wildman–Crippen MR) is 95.9 cm³/mol. The van der Waals surface area contributed by atoms with Gasteiger partial charge in [-0.15, -0.1) is 0 Å². The number of hydrogen-bond acceptors (Lipinski definition) is 4. The molecule has 3 aliphatic rings. The lowest BCUT2D eigenvalue weighted by Gasteiger charge is -2.41.